The second-order valence-electron chi connectivity index (χ2n) is 5.03. The van der Waals surface area contributed by atoms with Crippen LogP contribution >= 0.6 is 15.9 Å². The van der Waals surface area contributed by atoms with Crippen LogP contribution in [0.3, 0.4) is 0 Å². The quantitative estimate of drug-likeness (QED) is 0.710. The molecule has 0 aliphatic rings. The Morgan fingerprint density at radius 1 is 1.26 bits per heavy atom. The molecule has 0 radical (unpaired) electrons. The number of fused-ring (bicyclic) bond motifs is 1. The van der Waals surface area contributed by atoms with Crippen molar-refractivity contribution in [1.82, 2.24) is 9.97 Å². The number of aliphatic hydroxyl groups is 1. The molecule has 1 aromatic heterocycles. The summed E-state index contributed by atoms with van der Waals surface area (Å²) in [5, 5.41) is 10.6. The lowest BCUT2D eigenvalue weighted by atomic mass is 10.1. The molecular weight excluding hydrogens is 360 g/mol. The number of aromatic amines is 1. The van der Waals surface area contributed by atoms with E-state index in [1.165, 1.54) is 0 Å². The third kappa shape index (κ3) is 3.18. The van der Waals surface area contributed by atoms with Crippen molar-refractivity contribution in [3.63, 3.8) is 0 Å². The number of aliphatic hydroxyl groups excluding tert-OH is 1. The van der Waals surface area contributed by atoms with E-state index in [1.807, 2.05) is 37.3 Å². The zero-order valence-electron chi connectivity index (χ0n) is 12.8. The minimum absolute atomic E-state index is 0.491. The number of nitrogens with one attached hydrogen (secondary N) is 1. The van der Waals surface area contributed by atoms with E-state index in [-0.39, 0.29) is 0 Å². The van der Waals surface area contributed by atoms with Gasteiger partial charge in [0.25, 0.3) is 0 Å². The van der Waals surface area contributed by atoms with E-state index in [1.54, 1.807) is 13.2 Å². The first-order valence-electron chi connectivity index (χ1n) is 7.26. The van der Waals surface area contributed by atoms with Gasteiger partial charge in [-0.3, -0.25) is 0 Å². The average molecular weight is 377 g/mol. The van der Waals surface area contributed by atoms with Crippen LogP contribution in [-0.2, 0) is 0 Å². The van der Waals surface area contributed by atoms with Crippen LogP contribution in [0.5, 0.6) is 11.5 Å². The normalized spacial score (nSPS) is 12.3. The first-order valence-corrected chi connectivity index (χ1v) is 8.05. The molecule has 0 saturated carbocycles. The lowest BCUT2D eigenvalue weighted by Gasteiger charge is -2.10. The third-order valence-electron chi connectivity index (χ3n) is 3.53. The smallest absolute Gasteiger partial charge is 0.140 e. The van der Waals surface area contributed by atoms with Crippen LogP contribution < -0.4 is 9.47 Å². The molecule has 1 heterocycles. The van der Waals surface area contributed by atoms with Crippen LogP contribution in [0.15, 0.2) is 40.9 Å². The minimum atomic E-state index is -0.847. The number of halogens is 1. The van der Waals surface area contributed by atoms with Crippen molar-refractivity contribution in [2.24, 2.45) is 0 Å². The van der Waals surface area contributed by atoms with E-state index in [2.05, 4.69) is 25.9 Å². The number of aromatic nitrogens is 2. The molecule has 0 fully saturated rings. The Morgan fingerprint density at radius 3 is 2.78 bits per heavy atom. The van der Waals surface area contributed by atoms with Gasteiger partial charge in [0.05, 0.1) is 29.2 Å². The van der Waals surface area contributed by atoms with E-state index >= 15 is 0 Å². The fourth-order valence-corrected chi connectivity index (χ4v) is 2.96. The number of H-pyrrole nitrogens is 1. The van der Waals surface area contributed by atoms with Crippen molar-refractivity contribution in [3.05, 3.63) is 52.3 Å². The molecule has 1 atom stereocenters. The summed E-state index contributed by atoms with van der Waals surface area (Å²) in [5.41, 5.74) is 2.34. The highest BCUT2D eigenvalue weighted by Gasteiger charge is 2.16. The van der Waals surface area contributed by atoms with Gasteiger partial charge in [-0.1, -0.05) is 6.07 Å². The fraction of sp³-hybridized carbons (Fsp3) is 0.235. The summed E-state index contributed by atoms with van der Waals surface area (Å²) in [5.74, 6) is 1.97. The minimum Gasteiger partial charge on any atom is -0.496 e. The molecule has 0 aliphatic heterocycles. The van der Waals surface area contributed by atoms with Crippen molar-refractivity contribution >= 4 is 27.0 Å². The molecule has 0 bridgehead atoms. The molecule has 5 nitrogen and oxygen atoms in total. The summed E-state index contributed by atoms with van der Waals surface area (Å²) in [6, 6.07) is 11.1. The summed E-state index contributed by atoms with van der Waals surface area (Å²) in [7, 11) is 1.60. The van der Waals surface area contributed by atoms with Crippen molar-refractivity contribution < 1.29 is 14.6 Å². The van der Waals surface area contributed by atoms with E-state index in [0.717, 1.165) is 26.8 Å². The summed E-state index contributed by atoms with van der Waals surface area (Å²) in [6.07, 6.45) is -0.847. The molecule has 0 aliphatic carbocycles. The number of hydrogen-bond donors (Lipinski definition) is 2. The number of hydrogen-bond acceptors (Lipinski definition) is 4. The molecule has 0 amide bonds. The van der Waals surface area contributed by atoms with Gasteiger partial charge in [-0.15, -0.1) is 0 Å². The molecule has 120 valence electrons. The Bertz CT molecular complexity index is 832. The number of benzene rings is 2. The Hall–Kier alpha value is -2.05. The van der Waals surface area contributed by atoms with Crippen molar-refractivity contribution in [2.45, 2.75) is 13.0 Å². The van der Waals surface area contributed by atoms with Crippen LogP contribution in [-0.4, -0.2) is 28.8 Å². The summed E-state index contributed by atoms with van der Waals surface area (Å²) >= 11 is 3.43. The van der Waals surface area contributed by atoms with Crippen LogP contribution in [0.25, 0.3) is 11.0 Å². The van der Waals surface area contributed by atoms with E-state index in [9.17, 15) is 5.11 Å². The maximum Gasteiger partial charge on any atom is 0.140 e. The maximum absolute atomic E-state index is 10.6. The van der Waals surface area contributed by atoms with E-state index in [0.29, 0.717) is 18.2 Å². The van der Waals surface area contributed by atoms with Crippen molar-refractivity contribution in [2.75, 3.05) is 13.7 Å². The number of nitrogens with zero attached hydrogens (tertiary/aromatic N) is 1. The number of ether oxygens (including phenoxy) is 2. The summed E-state index contributed by atoms with van der Waals surface area (Å²) in [4.78, 5) is 7.62. The molecule has 2 N–H and O–H groups in total. The van der Waals surface area contributed by atoms with Gasteiger partial charge in [-0.2, -0.15) is 0 Å². The van der Waals surface area contributed by atoms with Gasteiger partial charge in [0.15, 0.2) is 0 Å². The van der Waals surface area contributed by atoms with Gasteiger partial charge in [-0.25, -0.2) is 4.98 Å². The fourth-order valence-electron chi connectivity index (χ4n) is 2.40. The maximum atomic E-state index is 10.6. The predicted octanol–water partition coefficient (Wildman–Crippen LogP) is 3.81. The molecule has 6 heteroatoms. The molecule has 0 saturated heterocycles. The van der Waals surface area contributed by atoms with Crippen LogP contribution in [0, 0.1) is 0 Å². The Morgan fingerprint density at radius 2 is 2.09 bits per heavy atom. The van der Waals surface area contributed by atoms with Crippen LogP contribution in [0.4, 0.5) is 0 Å². The lowest BCUT2D eigenvalue weighted by molar-refractivity contribution is 0.211. The molecule has 1 unspecified atom stereocenters. The highest BCUT2D eigenvalue weighted by Crippen LogP contribution is 2.30. The van der Waals surface area contributed by atoms with E-state index in [4.69, 9.17) is 9.47 Å². The highest BCUT2D eigenvalue weighted by atomic mass is 79.9. The van der Waals surface area contributed by atoms with E-state index < -0.39 is 6.10 Å². The highest BCUT2D eigenvalue weighted by molar-refractivity contribution is 9.10. The molecule has 0 spiro atoms. The van der Waals surface area contributed by atoms with Gasteiger partial charge in [0, 0.05) is 6.07 Å². The largest absolute Gasteiger partial charge is 0.496 e. The van der Waals surface area contributed by atoms with Crippen molar-refractivity contribution in [1.29, 1.82) is 0 Å². The summed E-state index contributed by atoms with van der Waals surface area (Å²) < 4.78 is 11.5. The predicted molar refractivity (Wildman–Crippen MR) is 92.0 cm³/mol. The first kappa shape index (κ1) is 15.8. The third-order valence-corrected chi connectivity index (χ3v) is 4.15. The number of rotatable bonds is 5. The molecule has 23 heavy (non-hydrogen) atoms. The zero-order chi connectivity index (χ0) is 16.4. The molecule has 2 aromatic carbocycles. The molecular formula is C17H17BrN2O3. The van der Waals surface area contributed by atoms with Gasteiger partial charge in [-0.05, 0) is 52.7 Å². The van der Waals surface area contributed by atoms with Crippen LogP contribution in [0.1, 0.15) is 24.4 Å². The molecule has 3 rings (SSSR count). The SMILES string of the molecule is CCOc1ccc2[nH]c(C(O)c3ccc(OC)c(Br)c3)nc2c1. The Kier molecular flexibility index (Phi) is 4.54. The zero-order valence-corrected chi connectivity index (χ0v) is 14.4. The van der Waals surface area contributed by atoms with Gasteiger partial charge < -0.3 is 19.6 Å². The first-order chi connectivity index (χ1) is 11.1. The molecule has 3 aromatic rings. The van der Waals surface area contributed by atoms with Crippen molar-refractivity contribution in [3.8, 4) is 11.5 Å². The lowest BCUT2D eigenvalue weighted by Crippen LogP contribution is -2.02. The number of imidazole rings is 1. The second kappa shape index (κ2) is 6.60. The monoisotopic (exact) mass is 376 g/mol. The average Bonchev–Trinajstić information content (AvgIpc) is 2.97. The van der Waals surface area contributed by atoms with Gasteiger partial charge in [0.2, 0.25) is 0 Å². The van der Waals surface area contributed by atoms with Gasteiger partial charge >= 0.3 is 0 Å². The second-order valence-corrected chi connectivity index (χ2v) is 5.88. The Balaban J connectivity index is 1.94. The number of methoxy groups -OCH3 is 1. The van der Waals surface area contributed by atoms with Gasteiger partial charge in [0.1, 0.15) is 23.4 Å². The summed E-state index contributed by atoms with van der Waals surface area (Å²) in [6.45, 7) is 2.54. The van der Waals surface area contributed by atoms with Crippen LogP contribution in [0.2, 0.25) is 0 Å². The Labute approximate surface area is 142 Å². The standard InChI is InChI=1S/C17H17BrN2O3/c1-3-23-11-5-6-13-14(9-11)20-17(19-13)16(21)10-4-7-15(22-2)12(18)8-10/h4-9,16,21H,3H2,1-2H3,(H,19,20). The topological polar surface area (TPSA) is 67.4 Å².